The SMILES string of the molecule is COc1cc(OC)c2c(OC)cc(OC)c(C=O)c2c1.COc1cc(OC)c2c(OC)cc(OC)c(C=O)c2c1. The molecule has 0 aromatic heterocycles. The van der Waals surface area contributed by atoms with Crippen LogP contribution in [0.3, 0.4) is 0 Å². The maximum atomic E-state index is 11.4. The van der Waals surface area contributed by atoms with Crippen molar-refractivity contribution >= 4 is 34.1 Å². The molecule has 40 heavy (non-hydrogen) atoms. The summed E-state index contributed by atoms with van der Waals surface area (Å²) in [5.74, 6) is 4.35. The summed E-state index contributed by atoms with van der Waals surface area (Å²) in [4.78, 5) is 22.8. The average Bonchev–Trinajstić information content (AvgIpc) is 3.01. The molecule has 0 atom stereocenters. The van der Waals surface area contributed by atoms with Crippen molar-refractivity contribution in [3.05, 3.63) is 47.5 Å². The minimum atomic E-state index is 0.431. The van der Waals surface area contributed by atoms with Crippen LogP contribution in [-0.2, 0) is 0 Å². The summed E-state index contributed by atoms with van der Waals surface area (Å²) in [6.07, 6.45) is 1.50. The molecule has 0 heterocycles. The molecule has 0 fully saturated rings. The van der Waals surface area contributed by atoms with Crippen molar-refractivity contribution in [3.63, 3.8) is 0 Å². The van der Waals surface area contributed by atoms with Gasteiger partial charge in [-0.25, -0.2) is 0 Å². The number of ether oxygens (including phenoxy) is 8. The summed E-state index contributed by atoms with van der Waals surface area (Å²) in [7, 11) is 12.3. The number of benzene rings is 4. The van der Waals surface area contributed by atoms with Crippen LogP contribution in [0.4, 0.5) is 0 Å². The van der Waals surface area contributed by atoms with Crippen molar-refractivity contribution in [2.45, 2.75) is 0 Å². The van der Waals surface area contributed by atoms with Gasteiger partial charge >= 0.3 is 0 Å². The van der Waals surface area contributed by atoms with Crippen LogP contribution in [0, 0.1) is 0 Å². The standard InChI is InChI=1S/2C15H16O5/c2*1-17-9-5-10-11(8-16)12(18-2)7-14(20-4)15(10)13(6-9)19-3/h2*5-8H,1-4H3. The highest BCUT2D eigenvalue weighted by Gasteiger charge is 2.19. The van der Waals surface area contributed by atoms with Gasteiger partial charge in [0.15, 0.2) is 12.6 Å². The van der Waals surface area contributed by atoms with Gasteiger partial charge in [0.05, 0.1) is 78.8 Å². The number of rotatable bonds is 10. The molecule has 0 aliphatic heterocycles. The maximum absolute atomic E-state index is 11.4. The number of carbonyl (C=O) groups is 2. The molecule has 0 spiro atoms. The lowest BCUT2D eigenvalue weighted by molar-refractivity contribution is 0.111. The van der Waals surface area contributed by atoms with Gasteiger partial charge in [-0.1, -0.05) is 0 Å². The lowest BCUT2D eigenvalue weighted by Crippen LogP contribution is -1.98. The van der Waals surface area contributed by atoms with Crippen LogP contribution >= 0.6 is 0 Å². The number of fused-ring (bicyclic) bond motifs is 2. The van der Waals surface area contributed by atoms with Gasteiger partial charge in [0, 0.05) is 35.0 Å². The molecule has 10 nitrogen and oxygen atoms in total. The number of aldehydes is 2. The first-order valence-electron chi connectivity index (χ1n) is 11.9. The van der Waals surface area contributed by atoms with Gasteiger partial charge in [0.1, 0.15) is 46.0 Å². The zero-order valence-corrected chi connectivity index (χ0v) is 23.7. The van der Waals surface area contributed by atoms with E-state index >= 15 is 0 Å². The third-order valence-electron chi connectivity index (χ3n) is 6.31. The fraction of sp³-hybridized carbons (Fsp3) is 0.267. The molecule has 0 saturated carbocycles. The molecule has 0 bridgehead atoms. The van der Waals surface area contributed by atoms with Crippen LogP contribution in [0.25, 0.3) is 21.5 Å². The van der Waals surface area contributed by atoms with Crippen LogP contribution in [0.1, 0.15) is 20.7 Å². The highest BCUT2D eigenvalue weighted by molar-refractivity contribution is 6.08. The van der Waals surface area contributed by atoms with E-state index in [9.17, 15) is 9.59 Å². The summed E-state index contributed by atoms with van der Waals surface area (Å²) in [5.41, 5.74) is 0.862. The van der Waals surface area contributed by atoms with Crippen molar-refractivity contribution in [1.29, 1.82) is 0 Å². The first-order valence-corrected chi connectivity index (χ1v) is 11.9. The zero-order chi connectivity index (χ0) is 29.4. The zero-order valence-electron chi connectivity index (χ0n) is 23.7. The van der Waals surface area contributed by atoms with Gasteiger partial charge in [-0.15, -0.1) is 0 Å². The van der Waals surface area contributed by atoms with E-state index in [0.717, 1.165) is 12.6 Å². The van der Waals surface area contributed by atoms with Crippen molar-refractivity contribution in [1.82, 2.24) is 0 Å². The van der Waals surface area contributed by atoms with E-state index in [-0.39, 0.29) is 0 Å². The summed E-state index contributed by atoms with van der Waals surface area (Å²) in [6.45, 7) is 0. The Labute approximate surface area is 232 Å². The second-order valence-corrected chi connectivity index (χ2v) is 8.13. The first-order chi connectivity index (χ1) is 19.4. The third-order valence-corrected chi connectivity index (χ3v) is 6.31. The third kappa shape index (κ3) is 5.47. The minimum Gasteiger partial charge on any atom is -0.497 e. The van der Waals surface area contributed by atoms with Crippen LogP contribution < -0.4 is 37.9 Å². The molecule has 0 aliphatic rings. The van der Waals surface area contributed by atoms with Crippen molar-refractivity contribution in [3.8, 4) is 46.0 Å². The predicted molar refractivity (Wildman–Crippen MR) is 151 cm³/mol. The Kier molecular flexibility index (Phi) is 9.86. The molecule has 0 unspecified atom stereocenters. The second kappa shape index (κ2) is 13.3. The quantitative estimate of drug-likeness (QED) is 0.238. The van der Waals surface area contributed by atoms with E-state index in [1.807, 2.05) is 0 Å². The molecular formula is C30H32O10. The molecule has 4 rings (SSSR count). The van der Waals surface area contributed by atoms with Gasteiger partial charge in [-0.05, 0) is 12.1 Å². The Morgan fingerprint density at radius 3 is 0.950 bits per heavy atom. The highest BCUT2D eigenvalue weighted by Crippen LogP contribution is 2.43. The predicted octanol–water partition coefficient (Wildman–Crippen LogP) is 5.37. The summed E-state index contributed by atoms with van der Waals surface area (Å²) < 4.78 is 42.4. The van der Waals surface area contributed by atoms with Crippen LogP contribution in [0.5, 0.6) is 46.0 Å². The molecule has 0 N–H and O–H groups in total. The lowest BCUT2D eigenvalue weighted by atomic mass is 10.0. The number of hydrogen-bond donors (Lipinski definition) is 0. The van der Waals surface area contributed by atoms with Gasteiger partial charge in [-0.3, -0.25) is 9.59 Å². The first kappa shape index (κ1) is 29.7. The largest absolute Gasteiger partial charge is 0.497 e. The Bertz CT molecular complexity index is 1390. The normalized spacial score (nSPS) is 10.2. The van der Waals surface area contributed by atoms with Gasteiger partial charge in [-0.2, -0.15) is 0 Å². The molecule has 0 radical (unpaired) electrons. The Morgan fingerprint density at radius 1 is 0.400 bits per heavy atom. The summed E-state index contributed by atoms with van der Waals surface area (Å²) in [5, 5.41) is 2.73. The van der Waals surface area contributed by atoms with Crippen LogP contribution in [-0.4, -0.2) is 69.5 Å². The molecular weight excluding hydrogens is 520 g/mol. The Morgan fingerprint density at radius 2 is 0.700 bits per heavy atom. The molecule has 0 saturated heterocycles. The smallest absolute Gasteiger partial charge is 0.154 e. The van der Waals surface area contributed by atoms with E-state index in [1.165, 1.54) is 14.2 Å². The molecule has 0 amide bonds. The Balaban J connectivity index is 0.000000220. The maximum Gasteiger partial charge on any atom is 0.154 e. The molecule has 4 aromatic rings. The summed E-state index contributed by atoms with van der Waals surface area (Å²) in [6, 6.07) is 10.3. The molecule has 0 aliphatic carbocycles. The van der Waals surface area contributed by atoms with Crippen molar-refractivity contribution in [2.24, 2.45) is 0 Å². The number of carbonyl (C=O) groups excluding carboxylic acids is 2. The lowest BCUT2D eigenvalue weighted by Gasteiger charge is -2.15. The number of hydrogen-bond acceptors (Lipinski definition) is 10. The molecule has 4 aromatic carbocycles. The molecule has 10 heteroatoms. The minimum absolute atomic E-state index is 0.431. The number of methoxy groups -OCH3 is 8. The molecule has 212 valence electrons. The highest BCUT2D eigenvalue weighted by atomic mass is 16.5. The van der Waals surface area contributed by atoms with Gasteiger partial charge in [0.25, 0.3) is 0 Å². The van der Waals surface area contributed by atoms with Crippen molar-refractivity contribution < 1.29 is 47.5 Å². The van der Waals surface area contributed by atoms with Gasteiger partial charge in [0.2, 0.25) is 0 Å². The van der Waals surface area contributed by atoms with E-state index in [1.54, 1.807) is 79.1 Å². The van der Waals surface area contributed by atoms with E-state index in [0.29, 0.717) is 78.7 Å². The fourth-order valence-corrected chi connectivity index (χ4v) is 4.38. The van der Waals surface area contributed by atoms with E-state index < -0.39 is 0 Å². The summed E-state index contributed by atoms with van der Waals surface area (Å²) >= 11 is 0. The Hall–Kier alpha value is -4.86. The van der Waals surface area contributed by atoms with E-state index in [2.05, 4.69) is 0 Å². The van der Waals surface area contributed by atoms with Gasteiger partial charge < -0.3 is 37.9 Å². The van der Waals surface area contributed by atoms with Crippen LogP contribution in [0.2, 0.25) is 0 Å². The van der Waals surface area contributed by atoms with Crippen LogP contribution in [0.15, 0.2) is 36.4 Å². The topological polar surface area (TPSA) is 108 Å². The monoisotopic (exact) mass is 552 g/mol. The second-order valence-electron chi connectivity index (χ2n) is 8.13. The van der Waals surface area contributed by atoms with E-state index in [4.69, 9.17) is 37.9 Å². The van der Waals surface area contributed by atoms with Crippen molar-refractivity contribution in [2.75, 3.05) is 56.9 Å². The fourth-order valence-electron chi connectivity index (χ4n) is 4.38. The average molecular weight is 553 g/mol.